The van der Waals surface area contributed by atoms with Crippen LogP contribution in [0, 0.1) is 23.5 Å². The van der Waals surface area contributed by atoms with Crippen molar-refractivity contribution >= 4 is 0 Å². The summed E-state index contributed by atoms with van der Waals surface area (Å²) in [5.41, 5.74) is 12.8. The molecule has 0 aliphatic heterocycles. The lowest BCUT2D eigenvalue weighted by atomic mass is 9.77. The molecule has 6 aromatic carbocycles. The molecule has 66 heavy (non-hydrogen) atoms. The highest BCUT2D eigenvalue weighted by molar-refractivity contribution is 5.72. The number of unbranched alkanes of at least 4 members (excludes halogenated alkanes) is 4. The van der Waals surface area contributed by atoms with E-state index in [4.69, 9.17) is 0 Å². The predicted octanol–water partition coefficient (Wildman–Crippen LogP) is 19.9. The summed E-state index contributed by atoms with van der Waals surface area (Å²) in [6, 6.07) is 45.7. The Morgan fingerprint density at radius 3 is 1.03 bits per heavy atom. The molecule has 2 aliphatic rings. The van der Waals surface area contributed by atoms with E-state index in [1.54, 1.807) is 12.1 Å². The van der Waals surface area contributed by atoms with Crippen LogP contribution in [0.1, 0.15) is 177 Å². The summed E-state index contributed by atoms with van der Waals surface area (Å²) in [5.74, 6) is 2.94. The largest absolute Gasteiger partial charge is 0.206 e. The van der Waals surface area contributed by atoms with Gasteiger partial charge in [-0.3, -0.25) is 0 Å². The molecular weight excluding hydrogens is 807 g/mol. The average Bonchev–Trinajstić information content (AvgIpc) is 3.36. The Morgan fingerprint density at radius 2 is 0.682 bits per heavy atom. The molecule has 0 amide bonds. The van der Waals surface area contributed by atoms with Crippen molar-refractivity contribution in [3.8, 4) is 44.5 Å². The second kappa shape index (κ2) is 25.4. The van der Waals surface area contributed by atoms with Gasteiger partial charge in [-0.1, -0.05) is 213 Å². The fourth-order valence-corrected chi connectivity index (χ4v) is 11.0. The Hall–Kier alpha value is -4.82. The Bertz CT molecular complexity index is 2320. The van der Waals surface area contributed by atoms with E-state index in [0.29, 0.717) is 23.0 Å². The first-order valence-electron chi connectivity index (χ1n) is 26.3. The van der Waals surface area contributed by atoms with Crippen LogP contribution in [0.3, 0.4) is 0 Å². The van der Waals surface area contributed by atoms with E-state index in [9.17, 15) is 4.39 Å². The van der Waals surface area contributed by atoms with Gasteiger partial charge >= 0.3 is 0 Å². The summed E-state index contributed by atoms with van der Waals surface area (Å²) < 4.78 is 30.0. The fourth-order valence-electron chi connectivity index (χ4n) is 11.0. The molecule has 0 saturated heterocycles. The molecule has 2 fully saturated rings. The van der Waals surface area contributed by atoms with Gasteiger partial charge in [-0.2, -0.15) is 0 Å². The molecule has 6 aromatic rings. The zero-order valence-corrected chi connectivity index (χ0v) is 40.9. The summed E-state index contributed by atoms with van der Waals surface area (Å²) in [7, 11) is 0. The number of hydrogen-bond donors (Lipinski definition) is 0. The molecule has 2 heteroatoms. The van der Waals surface area contributed by atoms with Crippen LogP contribution < -0.4 is 0 Å². The molecule has 0 bridgehead atoms. The van der Waals surface area contributed by atoms with Gasteiger partial charge < -0.3 is 0 Å². The van der Waals surface area contributed by atoms with Crippen molar-refractivity contribution in [2.75, 3.05) is 0 Å². The van der Waals surface area contributed by atoms with Gasteiger partial charge in [-0.15, -0.1) is 0 Å². The molecule has 8 rings (SSSR count). The minimum Gasteiger partial charge on any atom is -0.206 e. The Labute approximate surface area is 398 Å². The normalized spacial score (nSPS) is 18.4. The van der Waals surface area contributed by atoms with Crippen LogP contribution >= 0.6 is 0 Å². The highest BCUT2D eigenvalue weighted by Gasteiger charge is 2.23. The van der Waals surface area contributed by atoms with Gasteiger partial charge in [0.05, 0.1) is 0 Å². The lowest BCUT2D eigenvalue weighted by molar-refractivity contribution is 0.303. The van der Waals surface area contributed by atoms with Crippen molar-refractivity contribution in [3.05, 3.63) is 167 Å². The van der Waals surface area contributed by atoms with Crippen LogP contribution in [0.5, 0.6) is 0 Å². The quantitative estimate of drug-likeness (QED) is 0.0755. The predicted molar refractivity (Wildman–Crippen MR) is 280 cm³/mol. The molecule has 0 atom stereocenters. The van der Waals surface area contributed by atoms with E-state index in [0.717, 1.165) is 70.9 Å². The third kappa shape index (κ3) is 13.6. The molecule has 0 nitrogen and oxygen atoms in total. The smallest absolute Gasteiger partial charge is 0.131 e. The summed E-state index contributed by atoms with van der Waals surface area (Å²) in [4.78, 5) is 0. The minimum atomic E-state index is -0.152. The summed E-state index contributed by atoms with van der Waals surface area (Å²) in [5, 5.41) is 0. The van der Waals surface area contributed by atoms with Crippen molar-refractivity contribution in [3.63, 3.8) is 0 Å². The van der Waals surface area contributed by atoms with Crippen molar-refractivity contribution in [1.82, 2.24) is 0 Å². The monoisotopic (exact) mass is 885 g/mol. The zero-order chi connectivity index (χ0) is 46.1. The number of halogens is 2. The van der Waals surface area contributed by atoms with Crippen LogP contribution in [0.25, 0.3) is 44.5 Å². The van der Waals surface area contributed by atoms with Crippen molar-refractivity contribution in [2.24, 2.45) is 11.8 Å². The van der Waals surface area contributed by atoms with E-state index >= 15 is 4.39 Å². The van der Waals surface area contributed by atoms with Crippen molar-refractivity contribution in [1.29, 1.82) is 0 Å². The highest BCUT2D eigenvalue weighted by atomic mass is 19.1. The molecular formula is C64H78F2. The summed E-state index contributed by atoms with van der Waals surface area (Å²) in [6.07, 6.45) is 26.2. The van der Waals surface area contributed by atoms with Gasteiger partial charge in [0.2, 0.25) is 0 Å². The molecule has 0 unspecified atom stereocenters. The maximum absolute atomic E-state index is 15.0. The maximum Gasteiger partial charge on any atom is 0.131 e. The second-order valence-corrected chi connectivity index (χ2v) is 20.0. The summed E-state index contributed by atoms with van der Waals surface area (Å²) in [6.45, 7) is 8.94. The van der Waals surface area contributed by atoms with Gasteiger partial charge in [0.15, 0.2) is 0 Å². The Balaban J connectivity index is 0.000000196. The molecule has 348 valence electrons. The van der Waals surface area contributed by atoms with Gasteiger partial charge in [-0.25, -0.2) is 8.78 Å². The second-order valence-electron chi connectivity index (χ2n) is 20.0. The van der Waals surface area contributed by atoms with E-state index in [1.807, 2.05) is 30.3 Å². The number of hydrogen-bond acceptors (Lipinski definition) is 0. The van der Waals surface area contributed by atoms with Gasteiger partial charge in [0, 0.05) is 11.1 Å². The zero-order valence-electron chi connectivity index (χ0n) is 40.9. The molecule has 0 spiro atoms. The summed E-state index contributed by atoms with van der Waals surface area (Å²) >= 11 is 0. The minimum absolute atomic E-state index is 0.148. The maximum atomic E-state index is 15.0. The van der Waals surface area contributed by atoms with E-state index < -0.39 is 0 Å². The van der Waals surface area contributed by atoms with Gasteiger partial charge in [0.25, 0.3) is 0 Å². The number of aryl methyl sites for hydroxylation is 2. The molecule has 0 aromatic heterocycles. The Kier molecular flexibility index (Phi) is 18.9. The highest BCUT2D eigenvalue weighted by Crippen LogP contribution is 2.40. The van der Waals surface area contributed by atoms with Crippen LogP contribution in [-0.2, 0) is 12.8 Å². The van der Waals surface area contributed by atoms with Gasteiger partial charge in [0.1, 0.15) is 11.6 Å². The lowest BCUT2D eigenvalue weighted by Crippen LogP contribution is -2.13. The van der Waals surface area contributed by atoms with E-state index in [1.165, 1.54) is 125 Å². The SMILES string of the molecule is CCCCCC1CCC(c2ccc(-c3ccc(-c4ccc(CCC)cc4)c(F)c3)cc2)CC1.CCCCCC1CCC(c2ccc(-c3ccc(-c4ccc(CCC)cc4)cc3F)cc2)CC1. The van der Waals surface area contributed by atoms with Crippen LogP contribution in [-0.4, -0.2) is 0 Å². The van der Waals surface area contributed by atoms with E-state index in [2.05, 4.69) is 119 Å². The lowest BCUT2D eigenvalue weighted by Gasteiger charge is -2.29. The first-order valence-corrected chi connectivity index (χ1v) is 26.3. The van der Waals surface area contributed by atoms with Crippen molar-refractivity contribution in [2.45, 2.75) is 168 Å². The molecule has 0 heterocycles. The first kappa shape index (κ1) is 49.1. The standard InChI is InChI=1S/2C32H39F/c1-3-5-6-8-25-11-13-26(14-12-25)27-17-19-29(20-18-27)31-22-21-30(23-32(31)33)28-15-9-24(7-4-2)10-16-28;1-3-5-6-8-25-9-13-26(14-10-25)27-17-19-28(20-18-27)30-21-22-31(32(33)23-30)29-15-11-24(7-4-2)12-16-29/h9-10,15-23,25-26H,3-8,11-14H2,1-2H3;11-12,15-23,25-26H,3-10,13-14H2,1-2H3. The fraction of sp³-hybridized carbons (Fsp3) is 0.438. The third-order valence-corrected chi connectivity index (χ3v) is 15.1. The number of benzene rings is 6. The van der Waals surface area contributed by atoms with Gasteiger partial charge in [-0.05, 0) is 156 Å². The van der Waals surface area contributed by atoms with Crippen molar-refractivity contribution < 1.29 is 8.78 Å². The average molecular weight is 885 g/mol. The Morgan fingerprint density at radius 1 is 0.348 bits per heavy atom. The van der Waals surface area contributed by atoms with Crippen LogP contribution in [0.2, 0.25) is 0 Å². The molecule has 0 N–H and O–H groups in total. The van der Waals surface area contributed by atoms with Crippen LogP contribution in [0.15, 0.2) is 133 Å². The first-order chi connectivity index (χ1) is 32.3. The number of rotatable bonds is 18. The van der Waals surface area contributed by atoms with E-state index in [-0.39, 0.29) is 11.6 Å². The molecule has 0 radical (unpaired) electrons. The molecule has 2 aliphatic carbocycles. The topological polar surface area (TPSA) is 0 Å². The van der Waals surface area contributed by atoms with Crippen LogP contribution in [0.4, 0.5) is 8.78 Å². The third-order valence-electron chi connectivity index (χ3n) is 15.1. The molecule has 2 saturated carbocycles.